The molecule has 0 bridgehead atoms. The number of fused-ring (bicyclic) bond motifs is 1. The van der Waals surface area contributed by atoms with Crippen LogP contribution in [-0.4, -0.2) is 30.5 Å². The van der Waals surface area contributed by atoms with Crippen molar-refractivity contribution in [3.8, 4) is 0 Å². The van der Waals surface area contributed by atoms with Gasteiger partial charge in [-0.1, -0.05) is 0 Å². The molecular formula is C13H17N7. The second kappa shape index (κ2) is 5.20. The number of rotatable bonds is 5. The molecule has 20 heavy (non-hydrogen) atoms. The fraction of sp³-hybridized carbons (Fsp3) is 0.308. The van der Waals surface area contributed by atoms with Crippen LogP contribution in [0.3, 0.4) is 0 Å². The van der Waals surface area contributed by atoms with Crippen molar-refractivity contribution in [2.45, 2.75) is 13.5 Å². The highest BCUT2D eigenvalue weighted by Crippen LogP contribution is 2.16. The van der Waals surface area contributed by atoms with Crippen LogP contribution >= 0.6 is 0 Å². The van der Waals surface area contributed by atoms with Gasteiger partial charge in [-0.25, -0.2) is 15.0 Å². The lowest BCUT2D eigenvalue weighted by Gasteiger charge is -2.10. The number of nitrogens with one attached hydrogen (secondary N) is 2. The summed E-state index contributed by atoms with van der Waals surface area (Å²) < 4.78 is 3.93. The molecule has 3 aromatic rings. The zero-order valence-corrected chi connectivity index (χ0v) is 11.5. The van der Waals surface area contributed by atoms with Gasteiger partial charge in [0.2, 0.25) is 0 Å². The molecule has 2 N–H and O–H groups in total. The lowest BCUT2D eigenvalue weighted by atomic mass is 10.5. The summed E-state index contributed by atoms with van der Waals surface area (Å²) in [5, 5.41) is 6.51. The third-order valence-electron chi connectivity index (χ3n) is 3.07. The maximum atomic E-state index is 4.55. The minimum atomic E-state index is 0.606. The standard InChI is InChI=1S/C13H17N7/c1-3-14-10-9-20-7-5-16-13(20)12(18-10)17-8-11-15-4-6-19(11)2/h4-7,9,14H,3,8H2,1-2H3,(H,17,18). The molecule has 0 amide bonds. The Hall–Kier alpha value is -2.57. The summed E-state index contributed by atoms with van der Waals surface area (Å²) in [7, 11) is 1.97. The summed E-state index contributed by atoms with van der Waals surface area (Å²) in [5.41, 5.74) is 0.806. The van der Waals surface area contributed by atoms with Crippen LogP contribution in [0.25, 0.3) is 5.65 Å². The first-order chi connectivity index (χ1) is 9.78. The van der Waals surface area contributed by atoms with Gasteiger partial charge in [-0.05, 0) is 6.92 Å². The Morgan fingerprint density at radius 3 is 2.75 bits per heavy atom. The molecule has 0 aromatic carbocycles. The summed E-state index contributed by atoms with van der Waals surface area (Å²) in [4.78, 5) is 13.2. The first-order valence-corrected chi connectivity index (χ1v) is 6.55. The highest BCUT2D eigenvalue weighted by atomic mass is 15.2. The molecule has 3 heterocycles. The second-order valence-electron chi connectivity index (χ2n) is 4.47. The summed E-state index contributed by atoms with van der Waals surface area (Å²) >= 11 is 0. The van der Waals surface area contributed by atoms with E-state index in [9.17, 15) is 0 Å². The molecule has 0 aliphatic rings. The van der Waals surface area contributed by atoms with Crippen LogP contribution in [0.5, 0.6) is 0 Å². The van der Waals surface area contributed by atoms with Gasteiger partial charge in [0.15, 0.2) is 11.5 Å². The van der Waals surface area contributed by atoms with Crippen LogP contribution in [0.4, 0.5) is 11.6 Å². The topological polar surface area (TPSA) is 72.1 Å². The zero-order valence-electron chi connectivity index (χ0n) is 11.5. The van der Waals surface area contributed by atoms with Gasteiger partial charge in [-0.3, -0.25) is 0 Å². The van der Waals surface area contributed by atoms with Crippen LogP contribution in [0.2, 0.25) is 0 Å². The predicted octanol–water partition coefficient (Wildman–Crippen LogP) is 1.51. The smallest absolute Gasteiger partial charge is 0.180 e. The molecule has 3 rings (SSSR count). The van der Waals surface area contributed by atoms with Crippen molar-refractivity contribution < 1.29 is 0 Å². The van der Waals surface area contributed by atoms with Crippen LogP contribution < -0.4 is 10.6 Å². The summed E-state index contributed by atoms with van der Waals surface area (Å²) in [6.07, 6.45) is 9.30. The van der Waals surface area contributed by atoms with E-state index in [-0.39, 0.29) is 0 Å². The maximum Gasteiger partial charge on any atom is 0.180 e. The largest absolute Gasteiger partial charge is 0.369 e. The molecule has 0 saturated carbocycles. The van der Waals surface area contributed by atoms with Crippen molar-refractivity contribution >= 4 is 17.3 Å². The Balaban J connectivity index is 1.89. The van der Waals surface area contributed by atoms with Crippen LogP contribution in [-0.2, 0) is 13.6 Å². The van der Waals surface area contributed by atoms with Gasteiger partial charge in [0.1, 0.15) is 11.6 Å². The first kappa shape index (κ1) is 12.5. The van der Waals surface area contributed by atoms with Crippen molar-refractivity contribution in [2.24, 2.45) is 7.05 Å². The quantitative estimate of drug-likeness (QED) is 0.736. The van der Waals surface area contributed by atoms with Crippen LogP contribution in [0.15, 0.2) is 31.0 Å². The lowest BCUT2D eigenvalue weighted by Crippen LogP contribution is -2.10. The van der Waals surface area contributed by atoms with Gasteiger partial charge in [0, 0.05) is 38.4 Å². The van der Waals surface area contributed by atoms with Crippen molar-refractivity contribution in [1.82, 2.24) is 23.9 Å². The number of hydrogen-bond acceptors (Lipinski definition) is 5. The average molecular weight is 271 g/mol. The fourth-order valence-electron chi connectivity index (χ4n) is 2.05. The highest BCUT2D eigenvalue weighted by molar-refractivity contribution is 5.65. The Bertz CT molecular complexity index is 712. The van der Waals surface area contributed by atoms with Crippen molar-refractivity contribution in [1.29, 1.82) is 0 Å². The van der Waals surface area contributed by atoms with E-state index in [1.807, 2.05) is 41.5 Å². The van der Waals surface area contributed by atoms with E-state index in [4.69, 9.17) is 0 Å². The van der Waals surface area contributed by atoms with Crippen molar-refractivity contribution in [3.05, 3.63) is 36.8 Å². The maximum absolute atomic E-state index is 4.55. The van der Waals surface area contributed by atoms with Gasteiger partial charge in [-0.15, -0.1) is 0 Å². The van der Waals surface area contributed by atoms with E-state index in [2.05, 4.69) is 25.6 Å². The van der Waals surface area contributed by atoms with E-state index in [0.29, 0.717) is 6.54 Å². The number of nitrogens with zero attached hydrogens (tertiary/aromatic N) is 5. The molecule has 0 aliphatic heterocycles. The van der Waals surface area contributed by atoms with Gasteiger partial charge in [0.05, 0.1) is 12.7 Å². The molecule has 0 fully saturated rings. The number of imidazole rings is 2. The molecule has 7 heteroatoms. The molecule has 0 atom stereocenters. The molecule has 0 radical (unpaired) electrons. The van der Waals surface area contributed by atoms with E-state index < -0.39 is 0 Å². The molecule has 104 valence electrons. The van der Waals surface area contributed by atoms with Gasteiger partial charge in [-0.2, -0.15) is 0 Å². The number of anilines is 2. The van der Waals surface area contributed by atoms with Gasteiger partial charge in [0.25, 0.3) is 0 Å². The lowest BCUT2D eigenvalue weighted by molar-refractivity contribution is 0.810. The molecular weight excluding hydrogens is 254 g/mol. The highest BCUT2D eigenvalue weighted by Gasteiger charge is 2.08. The Kier molecular flexibility index (Phi) is 3.24. The van der Waals surface area contributed by atoms with E-state index in [0.717, 1.165) is 29.7 Å². The van der Waals surface area contributed by atoms with Crippen LogP contribution in [0.1, 0.15) is 12.7 Å². The van der Waals surface area contributed by atoms with E-state index in [1.165, 1.54) is 0 Å². The minimum absolute atomic E-state index is 0.606. The fourth-order valence-corrected chi connectivity index (χ4v) is 2.05. The monoisotopic (exact) mass is 271 g/mol. The van der Waals surface area contributed by atoms with E-state index >= 15 is 0 Å². The van der Waals surface area contributed by atoms with Crippen molar-refractivity contribution in [3.63, 3.8) is 0 Å². The second-order valence-corrected chi connectivity index (χ2v) is 4.47. The molecule has 0 spiro atoms. The predicted molar refractivity (Wildman–Crippen MR) is 77.7 cm³/mol. The normalized spacial score (nSPS) is 10.9. The first-order valence-electron chi connectivity index (χ1n) is 6.55. The Morgan fingerprint density at radius 1 is 1.15 bits per heavy atom. The SMILES string of the molecule is CCNc1cn2ccnc2c(NCc2nccn2C)n1. The third-order valence-corrected chi connectivity index (χ3v) is 3.07. The molecule has 0 unspecified atom stereocenters. The number of aromatic nitrogens is 5. The molecule has 0 aliphatic carbocycles. The average Bonchev–Trinajstić information content (AvgIpc) is 3.05. The summed E-state index contributed by atoms with van der Waals surface area (Å²) in [6.45, 7) is 3.47. The van der Waals surface area contributed by atoms with Crippen molar-refractivity contribution in [2.75, 3.05) is 17.2 Å². The molecule has 7 nitrogen and oxygen atoms in total. The molecule has 0 saturated heterocycles. The Labute approximate surface area is 116 Å². The number of hydrogen-bond donors (Lipinski definition) is 2. The van der Waals surface area contributed by atoms with Crippen LogP contribution in [0, 0.1) is 0 Å². The minimum Gasteiger partial charge on any atom is -0.369 e. The summed E-state index contributed by atoms with van der Waals surface area (Å²) in [6, 6.07) is 0. The third kappa shape index (κ3) is 2.29. The zero-order chi connectivity index (χ0) is 13.9. The van der Waals surface area contributed by atoms with Gasteiger partial charge >= 0.3 is 0 Å². The Morgan fingerprint density at radius 2 is 2.00 bits per heavy atom. The summed E-state index contributed by atoms with van der Waals surface area (Å²) in [5.74, 6) is 2.52. The molecule has 3 aromatic heterocycles. The van der Waals surface area contributed by atoms with Gasteiger partial charge < -0.3 is 19.6 Å². The van der Waals surface area contributed by atoms with E-state index in [1.54, 1.807) is 12.4 Å². The number of aryl methyl sites for hydroxylation is 1.